The van der Waals surface area contributed by atoms with Crippen LogP contribution in [0.1, 0.15) is 45.8 Å². The van der Waals surface area contributed by atoms with Gasteiger partial charge >= 0.3 is 0 Å². The quantitative estimate of drug-likeness (QED) is 0.170. The maximum atomic E-state index is 13.7. The summed E-state index contributed by atoms with van der Waals surface area (Å²) in [6, 6.07) is 21.9. The second-order valence-electron chi connectivity index (χ2n) is 8.57. The maximum Gasteiger partial charge on any atom is 0.297 e. The van der Waals surface area contributed by atoms with Crippen molar-refractivity contribution in [3.05, 3.63) is 116 Å². The highest BCUT2D eigenvalue weighted by Gasteiger charge is 2.45. The molecule has 1 amide bonds. The number of aromatic nitrogens is 2. The van der Waals surface area contributed by atoms with Gasteiger partial charge in [-0.05, 0) is 41.3 Å². The van der Waals surface area contributed by atoms with Gasteiger partial charge in [0.15, 0.2) is 9.77 Å². The summed E-state index contributed by atoms with van der Waals surface area (Å²) in [7, 11) is 0. The van der Waals surface area contributed by atoms with Crippen LogP contribution >= 0.6 is 34.7 Å². The molecule has 6 rings (SSSR count). The Morgan fingerprint density at radius 3 is 2.54 bits per heavy atom. The first-order valence-corrected chi connectivity index (χ1v) is 13.9. The molecule has 6 nitrogen and oxygen atoms in total. The number of hydrogen-bond acceptors (Lipinski definition) is 7. The van der Waals surface area contributed by atoms with Crippen LogP contribution in [0.3, 0.4) is 0 Å². The minimum Gasteiger partial charge on any atom is -0.450 e. The van der Waals surface area contributed by atoms with E-state index in [4.69, 9.17) is 16.0 Å². The van der Waals surface area contributed by atoms with Gasteiger partial charge in [-0.1, -0.05) is 96.2 Å². The largest absolute Gasteiger partial charge is 0.450 e. The van der Waals surface area contributed by atoms with Gasteiger partial charge in [0.05, 0.1) is 17.0 Å². The Morgan fingerprint density at radius 1 is 1.00 bits per heavy atom. The second kappa shape index (κ2) is 9.78. The van der Waals surface area contributed by atoms with Crippen LogP contribution in [0, 0.1) is 0 Å². The van der Waals surface area contributed by atoms with E-state index in [1.807, 2.05) is 48.5 Å². The summed E-state index contributed by atoms with van der Waals surface area (Å²) in [5.41, 5.74) is 3.47. The van der Waals surface area contributed by atoms with E-state index in [0.29, 0.717) is 36.8 Å². The predicted octanol–water partition coefficient (Wildman–Crippen LogP) is 6.90. The Kier molecular flexibility index (Phi) is 6.32. The van der Waals surface area contributed by atoms with E-state index >= 15 is 0 Å². The highest BCUT2D eigenvalue weighted by Crippen LogP contribution is 2.43. The van der Waals surface area contributed by atoms with Crippen molar-refractivity contribution in [1.29, 1.82) is 0 Å². The molecular weight excluding hydrogens is 526 g/mol. The van der Waals surface area contributed by atoms with Crippen molar-refractivity contribution >= 4 is 56.7 Å². The van der Waals surface area contributed by atoms with Crippen LogP contribution in [-0.2, 0) is 12.2 Å². The number of anilines is 1. The van der Waals surface area contributed by atoms with Crippen LogP contribution in [0.2, 0.25) is 5.02 Å². The smallest absolute Gasteiger partial charge is 0.297 e. The van der Waals surface area contributed by atoms with Gasteiger partial charge in [0.2, 0.25) is 10.9 Å². The lowest BCUT2D eigenvalue weighted by atomic mass is 9.97. The highest BCUT2D eigenvalue weighted by molar-refractivity contribution is 8.00. The molecule has 37 heavy (non-hydrogen) atoms. The number of fused-ring (bicyclic) bond motifs is 2. The molecular formula is C28H20ClN3O3S2. The molecule has 0 saturated carbocycles. The van der Waals surface area contributed by atoms with Crippen molar-refractivity contribution in [3.8, 4) is 0 Å². The van der Waals surface area contributed by atoms with E-state index in [9.17, 15) is 9.59 Å². The van der Waals surface area contributed by atoms with Gasteiger partial charge < -0.3 is 4.42 Å². The summed E-state index contributed by atoms with van der Waals surface area (Å²) in [4.78, 5) is 28.9. The van der Waals surface area contributed by atoms with Crippen LogP contribution in [0.25, 0.3) is 11.0 Å². The third-order valence-electron chi connectivity index (χ3n) is 6.39. The summed E-state index contributed by atoms with van der Waals surface area (Å²) < 4.78 is 6.71. The minimum atomic E-state index is -0.663. The number of carbonyl (C=O) groups excluding carboxylic acids is 1. The Morgan fingerprint density at radius 2 is 1.76 bits per heavy atom. The van der Waals surface area contributed by atoms with Gasteiger partial charge in [0.25, 0.3) is 5.91 Å². The monoisotopic (exact) mass is 545 g/mol. The highest BCUT2D eigenvalue weighted by atomic mass is 35.5. The molecule has 5 aromatic rings. The SMILES string of the molecule is CCc1ccc(C2c3c(oc4ccccc4c3=O)C(=O)N2c2nnc(SCc3ccccc3Cl)s2)cc1. The summed E-state index contributed by atoms with van der Waals surface area (Å²) >= 11 is 9.10. The number of para-hydroxylation sites is 1. The zero-order chi connectivity index (χ0) is 25.5. The summed E-state index contributed by atoms with van der Waals surface area (Å²) in [6.45, 7) is 2.08. The van der Waals surface area contributed by atoms with E-state index in [-0.39, 0.29) is 11.2 Å². The number of rotatable bonds is 6. The minimum absolute atomic E-state index is 0.0498. The van der Waals surface area contributed by atoms with Crippen molar-refractivity contribution in [1.82, 2.24) is 10.2 Å². The molecule has 1 unspecified atom stereocenters. The molecule has 1 aliphatic rings. The normalized spacial score (nSPS) is 14.9. The summed E-state index contributed by atoms with van der Waals surface area (Å²) in [5.74, 6) is 0.269. The molecule has 0 spiro atoms. The molecule has 2 aromatic heterocycles. The molecule has 0 N–H and O–H groups in total. The Hall–Kier alpha value is -3.46. The third kappa shape index (κ3) is 4.25. The molecule has 9 heteroatoms. The first kappa shape index (κ1) is 23.9. The molecule has 0 fully saturated rings. The fraction of sp³-hybridized carbons (Fsp3) is 0.143. The maximum absolute atomic E-state index is 13.7. The zero-order valence-electron chi connectivity index (χ0n) is 19.7. The molecule has 0 radical (unpaired) electrons. The van der Waals surface area contributed by atoms with E-state index < -0.39 is 11.9 Å². The van der Waals surface area contributed by atoms with Crippen LogP contribution < -0.4 is 10.3 Å². The average molecular weight is 546 g/mol. The number of halogens is 1. The molecule has 3 aromatic carbocycles. The zero-order valence-corrected chi connectivity index (χ0v) is 22.1. The summed E-state index contributed by atoms with van der Waals surface area (Å²) in [5, 5.41) is 10.2. The van der Waals surface area contributed by atoms with Crippen molar-refractivity contribution in [2.75, 3.05) is 4.90 Å². The van der Waals surface area contributed by atoms with Crippen molar-refractivity contribution < 1.29 is 9.21 Å². The number of aryl methyl sites for hydroxylation is 1. The van der Waals surface area contributed by atoms with E-state index in [0.717, 1.165) is 17.5 Å². The number of amides is 1. The van der Waals surface area contributed by atoms with Gasteiger partial charge in [-0.15, -0.1) is 10.2 Å². The Balaban J connectivity index is 1.42. The van der Waals surface area contributed by atoms with E-state index in [1.54, 1.807) is 24.3 Å². The third-order valence-corrected chi connectivity index (χ3v) is 8.87. The van der Waals surface area contributed by atoms with E-state index in [2.05, 4.69) is 17.1 Å². The Labute approximate surface area is 225 Å². The number of hydrogen-bond donors (Lipinski definition) is 0. The number of nitrogens with zero attached hydrogens (tertiary/aromatic N) is 3. The molecule has 0 saturated heterocycles. The molecule has 1 aliphatic heterocycles. The molecule has 0 aliphatic carbocycles. The van der Waals surface area contributed by atoms with Crippen molar-refractivity contribution in [2.45, 2.75) is 29.5 Å². The average Bonchev–Trinajstić information content (AvgIpc) is 3.51. The van der Waals surface area contributed by atoms with Gasteiger partial charge in [-0.25, -0.2) is 0 Å². The molecule has 3 heterocycles. The Bertz CT molecular complexity index is 1700. The first-order valence-electron chi connectivity index (χ1n) is 11.7. The van der Waals surface area contributed by atoms with Gasteiger partial charge in [0, 0.05) is 10.8 Å². The number of thioether (sulfide) groups is 1. The lowest BCUT2D eigenvalue weighted by Gasteiger charge is -2.22. The van der Waals surface area contributed by atoms with Crippen molar-refractivity contribution in [2.24, 2.45) is 0 Å². The number of carbonyl (C=O) groups is 1. The van der Waals surface area contributed by atoms with Gasteiger partial charge in [-0.2, -0.15) is 0 Å². The molecule has 0 bridgehead atoms. The fourth-order valence-electron chi connectivity index (χ4n) is 4.48. The van der Waals surface area contributed by atoms with Crippen LogP contribution in [0.4, 0.5) is 5.13 Å². The van der Waals surface area contributed by atoms with Crippen molar-refractivity contribution in [3.63, 3.8) is 0 Å². The first-order chi connectivity index (χ1) is 18.0. The standard InChI is InChI=1S/C28H20ClN3O3S2/c1-2-16-11-13-17(14-12-16)23-22-24(33)19-8-4-6-10-21(19)35-25(22)26(34)32(23)27-30-31-28(37-27)36-15-18-7-3-5-9-20(18)29/h3-14,23H,2,15H2,1H3. The predicted molar refractivity (Wildman–Crippen MR) is 148 cm³/mol. The second-order valence-corrected chi connectivity index (χ2v) is 11.2. The topological polar surface area (TPSA) is 76.3 Å². The van der Waals surface area contributed by atoms with Crippen LogP contribution in [-0.4, -0.2) is 16.1 Å². The molecule has 184 valence electrons. The van der Waals surface area contributed by atoms with Crippen LogP contribution in [0.15, 0.2) is 86.3 Å². The molecule has 1 atom stereocenters. The van der Waals surface area contributed by atoms with Gasteiger partial charge in [0.1, 0.15) is 5.58 Å². The van der Waals surface area contributed by atoms with E-state index in [1.165, 1.54) is 33.6 Å². The summed E-state index contributed by atoms with van der Waals surface area (Å²) in [6.07, 6.45) is 0.888. The fourth-order valence-corrected chi connectivity index (χ4v) is 6.63. The lowest BCUT2D eigenvalue weighted by molar-refractivity contribution is 0.0970. The number of benzene rings is 3. The van der Waals surface area contributed by atoms with Crippen LogP contribution in [0.5, 0.6) is 0 Å². The lowest BCUT2D eigenvalue weighted by Crippen LogP contribution is -2.29. The van der Waals surface area contributed by atoms with Gasteiger partial charge in [-0.3, -0.25) is 14.5 Å².